The topological polar surface area (TPSA) is 15.3 Å². The van der Waals surface area contributed by atoms with Crippen LogP contribution in [-0.4, -0.2) is 30.6 Å². The fraction of sp³-hybridized carbons (Fsp3) is 0.538. The van der Waals surface area contributed by atoms with Crippen molar-refractivity contribution in [1.82, 2.24) is 10.2 Å². The lowest BCUT2D eigenvalue weighted by Crippen LogP contribution is -2.31. The van der Waals surface area contributed by atoms with E-state index in [1.165, 1.54) is 12.0 Å². The van der Waals surface area contributed by atoms with E-state index >= 15 is 0 Å². The molecule has 0 amide bonds. The highest BCUT2D eigenvalue weighted by atomic mass is 35.5. The number of hydrogen-bond donors (Lipinski definition) is 1. The second-order valence-corrected chi connectivity index (χ2v) is 5.17. The van der Waals surface area contributed by atoms with Gasteiger partial charge in [-0.15, -0.1) is 0 Å². The van der Waals surface area contributed by atoms with Gasteiger partial charge in [-0.25, -0.2) is 0 Å². The second kappa shape index (κ2) is 5.17. The molecule has 16 heavy (non-hydrogen) atoms. The van der Waals surface area contributed by atoms with E-state index in [4.69, 9.17) is 11.6 Å². The average molecular weight is 239 g/mol. The van der Waals surface area contributed by atoms with E-state index in [-0.39, 0.29) is 0 Å². The highest BCUT2D eigenvalue weighted by Gasteiger charge is 2.25. The highest BCUT2D eigenvalue weighted by molar-refractivity contribution is 6.30. The lowest BCUT2D eigenvalue weighted by Gasteiger charge is -2.13. The molecule has 0 spiro atoms. The van der Waals surface area contributed by atoms with Crippen molar-refractivity contribution < 1.29 is 0 Å². The summed E-state index contributed by atoms with van der Waals surface area (Å²) in [6.07, 6.45) is 1.23. The molecule has 0 aromatic heterocycles. The molecule has 88 valence electrons. The van der Waals surface area contributed by atoms with Crippen molar-refractivity contribution in [2.24, 2.45) is 0 Å². The first kappa shape index (κ1) is 11.9. The van der Waals surface area contributed by atoms with Crippen molar-refractivity contribution in [2.75, 3.05) is 13.6 Å². The molecule has 1 aliphatic heterocycles. The first-order chi connectivity index (χ1) is 7.65. The first-order valence-electron chi connectivity index (χ1n) is 5.83. The van der Waals surface area contributed by atoms with Gasteiger partial charge in [0.15, 0.2) is 0 Å². The molecule has 1 fully saturated rings. The van der Waals surface area contributed by atoms with Crippen molar-refractivity contribution in [2.45, 2.75) is 32.0 Å². The Morgan fingerprint density at radius 3 is 2.94 bits per heavy atom. The van der Waals surface area contributed by atoms with Crippen LogP contribution in [0.1, 0.15) is 18.9 Å². The molecule has 2 rings (SSSR count). The summed E-state index contributed by atoms with van der Waals surface area (Å²) in [6, 6.07) is 9.35. The van der Waals surface area contributed by atoms with Crippen LogP contribution in [-0.2, 0) is 6.54 Å². The Bertz CT molecular complexity index is 344. The van der Waals surface area contributed by atoms with Crippen LogP contribution in [0.5, 0.6) is 0 Å². The average Bonchev–Trinajstić information content (AvgIpc) is 2.56. The van der Waals surface area contributed by atoms with Crippen LogP contribution in [0.2, 0.25) is 5.02 Å². The normalized spacial score (nSPS) is 26.2. The predicted molar refractivity (Wildman–Crippen MR) is 68.8 cm³/mol. The zero-order valence-corrected chi connectivity index (χ0v) is 10.7. The van der Waals surface area contributed by atoms with Gasteiger partial charge in [0.25, 0.3) is 0 Å². The van der Waals surface area contributed by atoms with Crippen LogP contribution < -0.4 is 5.32 Å². The third-order valence-corrected chi connectivity index (χ3v) is 3.61. The Kier molecular flexibility index (Phi) is 3.85. The smallest absolute Gasteiger partial charge is 0.0409 e. The Hall–Kier alpha value is -0.570. The minimum atomic E-state index is 0.610. The minimum Gasteiger partial charge on any atom is -0.309 e. The van der Waals surface area contributed by atoms with Gasteiger partial charge in [-0.1, -0.05) is 23.7 Å². The minimum absolute atomic E-state index is 0.610. The lowest BCUT2D eigenvalue weighted by molar-refractivity contribution is 0.326. The third-order valence-electron chi connectivity index (χ3n) is 3.37. The first-order valence-corrected chi connectivity index (χ1v) is 6.21. The molecule has 1 aromatic rings. The number of nitrogens with zero attached hydrogens (tertiary/aromatic N) is 1. The molecular formula is C13H19ClN2. The van der Waals surface area contributed by atoms with Crippen LogP contribution in [0.4, 0.5) is 0 Å². The number of likely N-dealkylation sites (tertiary alicyclic amines) is 1. The van der Waals surface area contributed by atoms with Crippen molar-refractivity contribution in [3.8, 4) is 0 Å². The van der Waals surface area contributed by atoms with Crippen LogP contribution in [0.3, 0.4) is 0 Å². The van der Waals surface area contributed by atoms with Gasteiger partial charge in [-0.05, 0) is 38.1 Å². The molecule has 0 aliphatic carbocycles. The molecule has 0 bridgehead atoms. The third kappa shape index (κ3) is 2.97. The number of benzene rings is 1. The summed E-state index contributed by atoms with van der Waals surface area (Å²) < 4.78 is 0. The molecular weight excluding hydrogens is 220 g/mol. The number of likely N-dealkylation sites (N-methyl/N-ethyl adjacent to an activating group) is 1. The van der Waals surface area contributed by atoms with Gasteiger partial charge in [0, 0.05) is 30.2 Å². The zero-order chi connectivity index (χ0) is 11.5. The van der Waals surface area contributed by atoms with E-state index in [1.54, 1.807) is 0 Å². The van der Waals surface area contributed by atoms with Crippen LogP contribution in [0, 0.1) is 0 Å². The summed E-state index contributed by atoms with van der Waals surface area (Å²) >= 11 is 5.95. The van der Waals surface area contributed by atoms with E-state index in [9.17, 15) is 0 Å². The second-order valence-electron chi connectivity index (χ2n) is 4.73. The fourth-order valence-electron chi connectivity index (χ4n) is 2.25. The highest BCUT2D eigenvalue weighted by Crippen LogP contribution is 2.16. The number of hydrogen-bond acceptors (Lipinski definition) is 2. The zero-order valence-electron chi connectivity index (χ0n) is 9.91. The maximum Gasteiger partial charge on any atom is 0.0409 e. The van der Waals surface area contributed by atoms with Gasteiger partial charge in [0.1, 0.15) is 0 Å². The molecule has 1 saturated heterocycles. The monoisotopic (exact) mass is 238 g/mol. The molecule has 1 N–H and O–H groups in total. The van der Waals surface area contributed by atoms with Crippen molar-refractivity contribution in [3.63, 3.8) is 0 Å². The molecule has 1 heterocycles. The van der Waals surface area contributed by atoms with E-state index < -0.39 is 0 Å². The quantitative estimate of drug-likeness (QED) is 0.871. The van der Waals surface area contributed by atoms with Gasteiger partial charge < -0.3 is 10.2 Å². The summed E-state index contributed by atoms with van der Waals surface area (Å²) in [5, 5.41) is 4.40. The van der Waals surface area contributed by atoms with E-state index in [2.05, 4.69) is 30.3 Å². The molecule has 2 atom stereocenters. The lowest BCUT2D eigenvalue weighted by atomic mass is 10.1. The fourth-order valence-corrected chi connectivity index (χ4v) is 2.46. The Morgan fingerprint density at radius 2 is 2.31 bits per heavy atom. The van der Waals surface area contributed by atoms with E-state index in [1.807, 2.05) is 18.2 Å². The molecule has 1 aromatic carbocycles. The Labute approximate surface area is 103 Å². The van der Waals surface area contributed by atoms with Crippen LogP contribution >= 0.6 is 11.6 Å². The summed E-state index contributed by atoms with van der Waals surface area (Å²) in [5.41, 5.74) is 1.26. The van der Waals surface area contributed by atoms with Crippen molar-refractivity contribution >= 4 is 11.6 Å². The molecule has 0 radical (unpaired) electrons. The standard InChI is InChI=1S/C13H19ClN2/c1-10-6-13(9-16(10)2)15-8-11-4-3-5-12(14)7-11/h3-5,7,10,13,15H,6,8-9H2,1-2H3. The molecule has 2 nitrogen and oxygen atoms in total. The SMILES string of the molecule is CC1CC(NCc2cccc(Cl)c2)CN1C. The summed E-state index contributed by atoms with van der Waals surface area (Å²) in [4.78, 5) is 2.40. The Morgan fingerprint density at radius 1 is 1.50 bits per heavy atom. The van der Waals surface area contributed by atoms with Gasteiger partial charge in [-0.3, -0.25) is 0 Å². The summed E-state index contributed by atoms with van der Waals surface area (Å²) in [5.74, 6) is 0. The van der Waals surface area contributed by atoms with Crippen LogP contribution in [0.15, 0.2) is 24.3 Å². The maximum absolute atomic E-state index is 5.95. The summed E-state index contributed by atoms with van der Waals surface area (Å²) in [7, 11) is 2.19. The van der Waals surface area contributed by atoms with E-state index in [0.29, 0.717) is 12.1 Å². The van der Waals surface area contributed by atoms with Gasteiger partial charge >= 0.3 is 0 Å². The predicted octanol–water partition coefficient (Wildman–Crippen LogP) is 2.52. The molecule has 3 heteroatoms. The number of nitrogens with one attached hydrogen (secondary N) is 1. The summed E-state index contributed by atoms with van der Waals surface area (Å²) in [6.45, 7) is 4.33. The number of halogens is 1. The van der Waals surface area contributed by atoms with Gasteiger partial charge in [0.05, 0.1) is 0 Å². The molecule has 1 aliphatic rings. The van der Waals surface area contributed by atoms with Crippen molar-refractivity contribution in [1.29, 1.82) is 0 Å². The van der Waals surface area contributed by atoms with Crippen LogP contribution in [0.25, 0.3) is 0 Å². The van der Waals surface area contributed by atoms with Gasteiger partial charge in [-0.2, -0.15) is 0 Å². The van der Waals surface area contributed by atoms with E-state index in [0.717, 1.165) is 18.1 Å². The van der Waals surface area contributed by atoms with Gasteiger partial charge in [0.2, 0.25) is 0 Å². The Balaban J connectivity index is 1.84. The van der Waals surface area contributed by atoms with Crippen molar-refractivity contribution in [3.05, 3.63) is 34.9 Å². The number of rotatable bonds is 3. The maximum atomic E-state index is 5.95. The molecule has 0 saturated carbocycles. The molecule has 2 unspecified atom stereocenters. The largest absolute Gasteiger partial charge is 0.309 e.